The van der Waals surface area contributed by atoms with Crippen LogP contribution in [0.25, 0.3) is 0 Å². The van der Waals surface area contributed by atoms with E-state index in [1.54, 1.807) is 0 Å². The van der Waals surface area contributed by atoms with Crippen LogP contribution < -0.4 is 0 Å². The van der Waals surface area contributed by atoms with Crippen molar-refractivity contribution in [1.82, 2.24) is 0 Å². The van der Waals surface area contributed by atoms with Crippen molar-refractivity contribution < 1.29 is 41.2 Å². The quantitative estimate of drug-likeness (QED) is 0.312. The van der Waals surface area contributed by atoms with Gasteiger partial charge in [-0.05, 0) is 65.5 Å². The first-order chi connectivity index (χ1) is 13.5. The Morgan fingerprint density at radius 3 is 0.567 bits per heavy atom. The molecule has 0 aromatic rings. The fraction of sp³-hybridized carbons (Fsp3) is 1.00. The van der Waals surface area contributed by atoms with Gasteiger partial charge in [0.05, 0.1) is 0 Å². The highest BCUT2D eigenvalue weighted by atomic mass is 28.5. The van der Waals surface area contributed by atoms with E-state index in [4.69, 9.17) is 41.2 Å². The Balaban J connectivity index is 0.000000375. The Hall–Kier alpha value is 1.77. The molecule has 2 aliphatic rings. The van der Waals surface area contributed by atoms with E-state index in [0.29, 0.717) is 0 Å². The third-order valence-electron chi connectivity index (χ3n) is 3.29. The molecule has 180 valence electrons. The van der Waals surface area contributed by atoms with Gasteiger partial charge in [-0.2, -0.15) is 0 Å². The molecule has 0 aromatic carbocycles. The smallest absolute Gasteiger partial charge is 0.314 e. The van der Waals surface area contributed by atoms with Crippen LogP contribution in [-0.4, -0.2) is 92.8 Å². The highest BCUT2D eigenvalue weighted by Gasteiger charge is 2.50. The fourth-order valence-electron chi connectivity index (χ4n) is 3.53. The maximum absolute atomic E-state index is 6.30. The molecule has 0 aromatic heterocycles. The van der Waals surface area contributed by atoms with E-state index in [-0.39, 0.29) is 0 Å². The summed E-state index contributed by atoms with van der Waals surface area (Å²) >= 11 is 0. The average Bonchev–Trinajstić information content (AvgIpc) is 2.46. The van der Waals surface area contributed by atoms with Gasteiger partial charge >= 0.3 is 42.8 Å². The van der Waals surface area contributed by atoms with E-state index in [2.05, 4.69) is 65.5 Å². The van der Waals surface area contributed by atoms with Crippen LogP contribution in [0.3, 0.4) is 0 Å². The Morgan fingerprint density at radius 2 is 0.433 bits per heavy atom. The molecule has 0 unspecified atom stereocenters. The van der Waals surface area contributed by atoms with E-state index in [0.717, 1.165) is 0 Å². The maximum atomic E-state index is 6.30. The summed E-state index contributed by atoms with van der Waals surface area (Å²) in [6.07, 6.45) is 0. The van der Waals surface area contributed by atoms with Crippen molar-refractivity contribution in [1.29, 1.82) is 0 Å². The van der Waals surface area contributed by atoms with Gasteiger partial charge in [0.2, 0.25) is 0 Å². The van der Waals surface area contributed by atoms with Gasteiger partial charge in [-0.25, -0.2) is 0 Å². The lowest BCUT2D eigenvalue weighted by atomic mass is 11.9. The van der Waals surface area contributed by atoms with E-state index in [1.165, 1.54) is 0 Å². The molecule has 20 heteroatoms. The second-order valence-corrected chi connectivity index (χ2v) is 36.5. The van der Waals surface area contributed by atoms with E-state index < -0.39 is 92.8 Å². The van der Waals surface area contributed by atoms with Crippen LogP contribution in [0.15, 0.2) is 0 Å². The minimum atomic E-state index is -2.26. The second-order valence-electron chi connectivity index (χ2n) is 9.12. The van der Waals surface area contributed by atoms with Crippen LogP contribution in [0.1, 0.15) is 0 Å². The molecule has 0 saturated carbocycles. The molecular weight excluding hydrogens is 561 g/mol. The first-order valence-electron chi connectivity index (χ1n) is 9.93. The zero-order valence-corrected chi connectivity index (χ0v) is 32.2. The summed E-state index contributed by atoms with van der Waals surface area (Å²) in [4.78, 5) is 0. The van der Waals surface area contributed by atoms with Gasteiger partial charge in [0, 0.05) is 0 Å². The highest BCUT2D eigenvalue weighted by Crippen LogP contribution is 2.30. The summed E-state index contributed by atoms with van der Waals surface area (Å²) in [6, 6.07) is 0. The molecule has 0 aliphatic carbocycles. The molecule has 0 radical (unpaired) electrons. The third kappa shape index (κ3) is 14.1. The van der Waals surface area contributed by atoms with Crippen LogP contribution in [0, 0.1) is 0 Å². The lowest BCUT2D eigenvalue weighted by molar-refractivity contribution is 0.239. The van der Waals surface area contributed by atoms with E-state index in [1.807, 2.05) is 0 Å². The molecule has 2 fully saturated rings. The Bertz CT molecular complexity index is 387. The van der Waals surface area contributed by atoms with Gasteiger partial charge in [0.1, 0.15) is 0 Å². The molecule has 0 amide bonds. The SMILES string of the molecule is C[Si]1(C)O[Si](C)(C)O[Si](C)(C)O[Si](C)(C)O[Si](C)(C)O1.O1[SiH2]O[SiH2]O[SiH2]O[SiH2]O[SiH2]1. The van der Waals surface area contributed by atoms with Gasteiger partial charge in [0.25, 0.3) is 50.0 Å². The monoisotopic (exact) mass is 600 g/mol. The van der Waals surface area contributed by atoms with Crippen molar-refractivity contribution in [2.75, 3.05) is 0 Å². The van der Waals surface area contributed by atoms with Crippen molar-refractivity contribution in [3.05, 3.63) is 0 Å². The first kappa shape index (κ1) is 29.8. The van der Waals surface area contributed by atoms with Crippen molar-refractivity contribution in [2.45, 2.75) is 65.5 Å². The Labute approximate surface area is 198 Å². The van der Waals surface area contributed by atoms with Gasteiger partial charge in [-0.1, -0.05) is 0 Å². The van der Waals surface area contributed by atoms with Crippen LogP contribution in [0.4, 0.5) is 0 Å². The largest absolute Gasteiger partial charge is 0.425 e. The lowest BCUT2D eigenvalue weighted by Crippen LogP contribution is -2.64. The van der Waals surface area contributed by atoms with Gasteiger partial charge in [0.15, 0.2) is 0 Å². The van der Waals surface area contributed by atoms with Crippen LogP contribution in [-0.2, 0) is 41.2 Å². The van der Waals surface area contributed by atoms with Gasteiger partial charge < -0.3 is 41.2 Å². The number of hydrogen-bond donors (Lipinski definition) is 0. The summed E-state index contributed by atoms with van der Waals surface area (Å²) < 4.78 is 57.3. The van der Waals surface area contributed by atoms with Crippen molar-refractivity contribution in [3.63, 3.8) is 0 Å². The summed E-state index contributed by atoms with van der Waals surface area (Å²) in [6.45, 7) is 20.8. The molecule has 2 aliphatic heterocycles. The van der Waals surface area contributed by atoms with E-state index in [9.17, 15) is 0 Å². The zero-order valence-electron chi connectivity index (χ0n) is 20.1. The molecule has 0 bridgehead atoms. The van der Waals surface area contributed by atoms with Crippen LogP contribution >= 0.6 is 0 Å². The minimum Gasteiger partial charge on any atom is -0.425 e. The van der Waals surface area contributed by atoms with Crippen LogP contribution in [0.5, 0.6) is 0 Å². The van der Waals surface area contributed by atoms with Gasteiger partial charge in [-0.15, -0.1) is 0 Å². The fourth-order valence-corrected chi connectivity index (χ4v) is 38.9. The van der Waals surface area contributed by atoms with Crippen LogP contribution in [0.2, 0.25) is 65.5 Å². The summed E-state index contributed by atoms with van der Waals surface area (Å²) in [5, 5.41) is 0. The first-order valence-corrected chi connectivity index (χ1v) is 29.8. The number of rotatable bonds is 0. The molecular formula is C10H40O10Si10. The summed E-state index contributed by atoms with van der Waals surface area (Å²) in [7, 11) is -14.9. The normalized spacial score (nSPS) is 33.0. The summed E-state index contributed by atoms with van der Waals surface area (Å²) in [5.41, 5.74) is 0. The minimum absolute atomic E-state index is 0.724. The lowest BCUT2D eigenvalue weighted by Gasteiger charge is -2.46. The van der Waals surface area contributed by atoms with Crippen molar-refractivity contribution >= 4 is 92.8 Å². The molecule has 0 atom stereocenters. The molecule has 10 nitrogen and oxygen atoms in total. The molecule has 2 saturated heterocycles. The second kappa shape index (κ2) is 12.5. The Morgan fingerprint density at radius 1 is 0.300 bits per heavy atom. The molecule has 0 spiro atoms. The van der Waals surface area contributed by atoms with Crippen molar-refractivity contribution in [2.24, 2.45) is 0 Å². The topological polar surface area (TPSA) is 92.3 Å². The average molecular weight is 601 g/mol. The van der Waals surface area contributed by atoms with Gasteiger partial charge in [-0.3, -0.25) is 0 Å². The van der Waals surface area contributed by atoms with E-state index >= 15 is 0 Å². The number of hydrogen-bond acceptors (Lipinski definition) is 10. The zero-order chi connectivity index (χ0) is 23.1. The molecule has 0 N–H and O–H groups in total. The van der Waals surface area contributed by atoms with Crippen molar-refractivity contribution in [3.8, 4) is 0 Å². The third-order valence-corrected chi connectivity index (χ3v) is 29.6. The molecule has 30 heavy (non-hydrogen) atoms. The maximum Gasteiger partial charge on any atom is 0.314 e. The standard InChI is InChI=1S/C10H30O5Si5.H10O5Si5/c1-16(2)11-17(3,4)13-19(7,8)15-20(9,10)14-18(5,6)12-16;1-6-2-8-4-10-5-9-3-7-1/h1-10H3;6-10H2. The molecule has 2 heterocycles. The summed E-state index contributed by atoms with van der Waals surface area (Å²) in [5.74, 6) is 0. The predicted molar refractivity (Wildman–Crippen MR) is 141 cm³/mol. The highest BCUT2D eigenvalue weighted by molar-refractivity contribution is 6.92. The Kier molecular flexibility index (Phi) is 12.4. The predicted octanol–water partition coefficient (Wildman–Crippen LogP) is -1.33. The molecule has 2 rings (SSSR count).